The second-order valence-electron chi connectivity index (χ2n) is 8.24. The lowest BCUT2D eigenvalue weighted by Gasteiger charge is -2.17. The van der Waals surface area contributed by atoms with Crippen molar-refractivity contribution in [2.45, 2.75) is 123 Å². The Bertz CT molecular complexity index is 350. The molecule has 0 aliphatic carbocycles. The summed E-state index contributed by atoms with van der Waals surface area (Å²) in [6.07, 6.45) is 26.3. The summed E-state index contributed by atoms with van der Waals surface area (Å²) >= 11 is 0. The maximum atomic E-state index is 10.6. The molecule has 0 aromatic heterocycles. The minimum absolute atomic E-state index is 0.163. The number of rotatable bonds is 22. The Morgan fingerprint density at radius 2 is 1.04 bits per heavy atom. The Balaban J connectivity index is 3.15. The molecule has 0 saturated carbocycles. The van der Waals surface area contributed by atoms with E-state index in [1.165, 1.54) is 110 Å². The summed E-state index contributed by atoms with van der Waals surface area (Å²) in [6.45, 7) is 8.21. The van der Waals surface area contributed by atoms with Gasteiger partial charge in [-0.05, 0) is 58.2 Å². The van der Waals surface area contributed by atoms with Crippen LogP contribution in [0.2, 0.25) is 0 Å². The quantitative estimate of drug-likeness (QED) is 0.159. The summed E-state index contributed by atoms with van der Waals surface area (Å²) in [6, 6.07) is 0. The molecular formula is C25H50N2O. The second-order valence-corrected chi connectivity index (χ2v) is 8.24. The Labute approximate surface area is 176 Å². The van der Waals surface area contributed by atoms with E-state index < -0.39 is 0 Å². The third-order valence-corrected chi connectivity index (χ3v) is 5.70. The summed E-state index contributed by atoms with van der Waals surface area (Å²) in [7, 11) is 0. The summed E-state index contributed by atoms with van der Waals surface area (Å²) < 4.78 is 0. The van der Waals surface area contributed by atoms with Crippen molar-refractivity contribution in [3.05, 3.63) is 12.2 Å². The van der Waals surface area contributed by atoms with Crippen LogP contribution in [0.1, 0.15) is 123 Å². The van der Waals surface area contributed by atoms with Crippen molar-refractivity contribution in [3.8, 4) is 0 Å². The summed E-state index contributed by atoms with van der Waals surface area (Å²) in [5, 5.41) is 0. The van der Waals surface area contributed by atoms with Crippen LogP contribution in [0.15, 0.2) is 12.2 Å². The number of hydrogen-bond donors (Lipinski definition) is 1. The zero-order chi connectivity index (χ0) is 20.7. The van der Waals surface area contributed by atoms with E-state index in [-0.39, 0.29) is 5.91 Å². The number of unbranched alkanes of at least 4 members (excludes halogenated alkanes) is 14. The van der Waals surface area contributed by atoms with E-state index in [0.717, 1.165) is 12.8 Å². The number of amides is 1. The third-order valence-electron chi connectivity index (χ3n) is 5.70. The lowest BCUT2D eigenvalue weighted by atomic mass is 10.1. The molecule has 0 spiro atoms. The molecule has 0 unspecified atom stereocenters. The van der Waals surface area contributed by atoms with Crippen LogP contribution >= 0.6 is 0 Å². The average Bonchev–Trinajstić information content (AvgIpc) is 2.69. The van der Waals surface area contributed by atoms with Crippen molar-refractivity contribution in [1.82, 2.24) is 4.90 Å². The highest BCUT2D eigenvalue weighted by Gasteiger charge is 1.98. The Morgan fingerprint density at radius 3 is 1.46 bits per heavy atom. The van der Waals surface area contributed by atoms with Crippen LogP contribution < -0.4 is 5.73 Å². The van der Waals surface area contributed by atoms with E-state index in [9.17, 15) is 4.79 Å². The molecule has 0 aliphatic rings. The second kappa shape index (κ2) is 22.5. The molecule has 3 heteroatoms. The van der Waals surface area contributed by atoms with Gasteiger partial charge in [-0.15, -0.1) is 0 Å². The molecule has 0 aromatic carbocycles. The lowest BCUT2D eigenvalue weighted by Crippen LogP contribution is -2.23. The molecule has 2 N–H and O–H groups in total. The van der Waals surface area contributed by atoms with Crippen molar-refractivity contribution in [3.63, 3.8) is 0 Å². The van der Waals surface area contributed by atoms with Crippen LogP contribution in [0.4, 0.5) is 0 Å². The van der Waals surface area contributed by atoms with Crippen molar-refractivity contribution in [2.24, 2.45) is 5.73 Å². The minimum atomic E-state index is -0.163. The zero-order valence-electron chi connectivity index (χ0n) is 19.2. The molecule has 0 aromatic rings. The number of nitrogens with two attached hydrogens (primary N) is 1. The van der Waals surface area contributed by atoms with Gasteiger partial charge in [0.2, 0.25) is 5.91 Å². The predicted octanol–water partition coefficient (Wildman–Crippen LogP) is 7.00. The van der Waals surface area contributed by atoms with E-state index in [1.54, 1.807) is 0 Å². The molecule has 166 valence electrons. The molecule has 0 rings (SSSR count). The van der Waals surface area contributed by atoms with Gasteiger partial charge in [-0.25, -0.2) is 0 Å². The molecule has 0 aliphatic heterocycles. The number of hydrogen-bond acceptors (Lipinski definition) is 2. The van der Waals surface area contributed by atoms with Crippen molar-refractivity contribution < 1.29 is 4.79 Å². The van der Waals surface area contributed by atoms with E-state index >= 15 is 0 Å². The van der Waals surface area contributed by atoms with Gasteiger partial charge in [0, 0.05) is 6.42 Å². The van der Waals surface area contributed by atoms with Crippen molar-refractivity contribution in [1.29, 1.82) is 0 Å². The maximum Gasteiger partial charge on any atom is 0.217 e. The molecule has 0 atom stereocenters. The van der Waals surface area contributed by atoms with Gasteiger partial charge in [-0.3, -0.25) is 4.79 Å². The van der Waals surface area contributed by atoms with Crippen LogP contribution in [-0.4, -0.2) is 30.4 Å². The van der Waals surface area contributed by atoms with Gasteiger partial charge in [0.1, 0.15) is 0 Å². The molecule has 0 heterocycles. The first-order valence-electron chi connectivity index (χ1n) is 12.4. The van der Waals surface area contributed by atoms with Gasteiger partial charge in [-0.2, -0.15) is 0 Å². The van der Waals surface area contributed by atoms with E-state index in [2.05, 4.69) is 30.9 Å². The molecule has 0 bridgehead atoms. The number of allylic oxidation sites excluding steroid dienone is 2. The fraction of sp³-hybridized carbons (Fsp3) is 0.880. The van der Waals surface area contributed by atoms with Gasteiger partial charge in [0.15, 0.2) is 0 Å². The van der Waals surface area contributed by atoms with Crippen LogP contribution in [0.3, 0.4) is 0 Å². The van der Waals surface area contributed by atoms with E-state index in [1.807, 2.05) is 0 Å². The molecule has 0 radical (unpaired) electrons. The van der Waals surface area contributed by atoms with Crippen LogP contribution in [-0.2, 0) is 4.79 Å². The Morgan fingerprint density at radius 1 is 0.643 bits per heavy atom. The topological polar surface area (TPSA) is 46.3 Å². The Kier molecular flexibility index (Phi) is 21.8. The van der Waals surface area contributed by atoms with Gasteiger partial charge in [0.05, 0.1) is 0 Å². The van der Waals surface area contributed by atoms with Gasteiger partial charge >= 0.3 is 0 Å². The fourth-order valence-electron chi connectivity index (χ4n) is 3.70. The maximum absolute atomic E-state index is 10.6. The third kappa shape index (κ3) is 21.5. The summed E-state index contributed by atoms with van der Waals surface area (Å²) in [5.41, 5.74) is 5.14. The molecule has 28 heavy (non-hydrogen) atoms. The molecule has 3 nitrogen and oxygen atoms in total. The van der Waals surface area contributed by atoms with E-state index in [4.69, 9.17) is 5.73 Å². The monoisotopic (exact) mass is 394 g/mol. The fourth-order valence-corrected chi connectivity index (χ4v) is 3.70. The normalized spacial score (nSPS) is 11.7. The molecule has 0 saturated heterocycles. The molecule has 0 fully saturated rings. The SMILES string of the molecule is CCN(CC)CCCCCCCCCCC/C=C\CCCCCCCC(N)=O. The van der Waals surface area contributed by atoms with Crippen molar-refractivity contribution in [2.75, 3.05) is 19.6 Å². The highest BCUT2D eigenvalue weighted by atomic mass is 16.1. The number of primary amides is 1. The molecule has 1 amide bonds. The van der Waals surface area contributed by atoms with Gasteiger partial charge < -0.3 is 10.6 Å². The van der Waals surface area contributed by atoms with Crippen LogP contribution in [0.5, 0.6) is 0 Å². The van der Waals surface area contributed by atoms with Gasteiger partial charge in [-0.1, -0.05) is 90.2 Å². The van der Waals surface area contributed by atoms with Crippen LogP contribution in [0, 0.1) is 0 Å². The average molecular weight is 395 g/mol. The minimum Gasteiger partial charge on any atom is -0.370 e. The predicted molar refractivity (Wildman–Crippen MR) is 125 cm³/mol. The van der Waals surface area contributed by atoms with Gasteiger partial charge in [0.25, 0.3) is 0 Å². The highest BCUT2D eigenvalue weighted by Crippen LogP contribution is 2.12. The first kappa shape index (κ1) is 27.2. The Hall–Kier alpha value is -0.830. The lowest BCUT2D eigenvalue weighted by molar-refractivity contribution is -0.118. The first-order valence-corrected chi connectivity index (χ1v) is 12.4. The number of nitrogens with zero attached hydrogens (tertiary/aromatic N) is 1. The smallest absolute Gasteiger partial charge is 0.217 e. The van der Waals surface area contributed by atoms with Crippen molar-refractivity contribution >= 4 is 5.91 Å². The molecular weight excluding hydrogens is 344 g/mol. The first-order chi connectivity index (χ1) is 13.7. The van der Waals surface area contributed by atoms with Crippen LogP contribution in [0.25, 0.3) is 0 Å². The number of carbonyl (C=O) groups is 1. The summed E-state index contributed by atoms with van der Waals surface area (Å²) in [5.74, 6) is -0.163. The zero-order valence-corrected chi connectivity index (χ0v) is 19.2. The highest BCUT2D eigenvalue weighted by molar-refractivity contribution is 5.73. The largest absolute Gasteiger partial charge is 0.370 e. The summed E-state index contributed by atoms with van der Waals surface area (Å²) in [4.78, 5) is 13.2. The number of carbonyl (C=O) groups excluding carboxylic acids is 1. The van der Waals surface area contributed by atoms with E-state index in [0.29, 0.717) is 6.42 Å². The standard InChI is InChI=1S/C25H50N2O/c1-3-27(4-2)24-22-20-18-16-14-12-10-8-6-5-7-9-11-13-15-17-19-21-23-25(26)28/h7,9H,3-6,8,10-24H2,1-2H3,(H2,26,28)/b9-7-.